The maximum absolute atomic E-state index is 13.0. The van der Waals surface area contributed by atoms with E-state index in [-0.39, 0.29) is 18.1 Å². The second-order valence-electron chi connectivity index (χ2n) is 6.06. The van der Waals surface area contributed by atoms with Gasteiger partial charge >= 0.3 is 5.97 Å². The van der Waals surface area contributed by atoms with E-state index in [1.807, 2.05) is 6.92 Å². The number of carbonyl (C=O) groups excluding carboxylic acids is 1. The molecule has 1 amide bonds. The summed E-state index contributed by atoms with van der Waals surface area (Å²) in [5, 5.41) is 20.1. The number of hydrogen-bond donors (Lipinski definition) is 2. The molecule has 0 unspecified atom stereocenters. The minimum Gasteiger partial charge on any atom is -0.477 e. The van der Waals surface area contributed by atoms with Gasteiger partial charge in [-0.05, 0) is 37.6 Å². The van der Waals surface area contributed by atoms with Crippen molar-refractivity contribution in [3.63, 3.8) is 0 Å². The van der Waals surface area contributed by atoms with Crippen LogP contribution in [0.3, 0.4) is 0 Å². The number of rotatable bonds is 6. The molecular formula is C18H18FN5O3. The van der Waals surface area contributed by atoms with Gasteiger partial charge in [0.2, 0.25) is 5.91 Å². The molecule has 0 spiro atoms. The molecule has 0 saturated carbocycles. The molecule has 140 valence electrons. The highest BCUT2D eigenvalue weighted by molar-refractivity contribution is 5.92. The molecule has 3 rings (SSSR count). The maximum atomic E-state index is 13.0. The Bertz CT molecular complexity index is 991. The van der Waals surface area contributed by atoms with E-state index in [1.54, 1.807) is 23.7 Å². The van der Waals surface area contributed by atoms with Crippen molar-refractivity contribution >= 4 is 17.6 Å². The number of carbonyl (C=O) groups is 2. The standard InChI is InChI=1S/C18H18FN5O3/c1-11-17(21-16(25)10-24-15(18(26)27)7-8-20-24)12(2)23(22-11)9-13-3-5-14(19)6-4-13/h3-8H,9-10H2,1-2H3,(H,21,25)(H,26,27). The summed E-state index contributed by atoms with van der Waals surface area (Å²) in [4.78, 5) is 23.4. The number of aromatic nitrogens is 4. The topological polar surface area (TPSA) is 102 Å². The highest BCUT2D eigenvalue weighted by atomic mass is 19.1. The van der Waals surface area contributed by atoms with Gasteiger partial charge in [-0.2, -0.15) is 10.2 Å². The van der Waals surface area contributed by atoms with Crippen LogP contribution in [0.5, 0.6) is 0 Å². The molecule has 0 radical (unpaired) electrons. The largest absolute Gasteiger partial charge is 0.477 e. The average Bonchev–Trinajstić information content (AvgIpc) is 3.17. The van der Waals surface area contributed by atoms with Crippen molar-refractivity contribution in [3.8, 4) is 0 Å². The fourth-order valence-electron chi connectivity index (χ4n) is 2.75. The smallest absolute Gasteiger partial charge is 0.354 e. The number of benzene rings is 1. The fourth-order valence-corrected chi connectivity index (χ4v) is 2.75. The minimum atomic E-state index is -1.15. The molecule has 8 nitrogen and oxygen atoms in total. The van der Waals surface area contributed by atoms with Crippen LogP contribution in [0.2, 0.25) is 0 Å². The first-order valence-corrected chi connectivity index (χ1v) is 8.18. The summed E-state index contributed by atoms with van der Waals surface area (Å²) in [5.41, 5.74) is 2.74. The third-order valence-corrected chi connectivity index (χ3v) is 4.12. The maximum Gasteiger partial charge on any atom is 0.354 e. The number of anilines is 1. The Kier molecular flexibility index (Phi) is 5.02. The summed E-state index contributed by atoms with van der Waals surface area (Å²) < 4.78 is 15.9. The number of nitrogens with zero attached hydrogens (tertiary/aromatic N) is 4. The summed E-state index contributed by atoms with van der Waals surface area (Å²) in [6.45, 7) is 3.79. The van der Waals surface area contributed by atoms with E-state index in [1.165, 1.54) is 24.4 Å². The molecule has 0 fully saturated rings. The highest BCUT2D eigenvalue weighted by Crippen LogP contribution is 2.20. The van der Waals surface area contributed by atoms with Gasteiger partial charge in [-0.15, -0.1) is 0 Å². The fraction of sp³-hybridized carbons (Fsp3) is 0.222. The summed E-state index contributed by atoms with van der Waals surface area (Å²) in [6, 6.07) is 7.44. The Morgan fingerprint density at radius 1 is 1.15 bits per heavy atom. The number of hydrogen-bond acceptors (Lipinski definition) is 4. The van der Waals surface area contributed by atoms with Crippen LogP contribution < -0.4 is 5.32 Å². The van der Waals surface area contributed by atoms with E-state index in [9.17, 15) is 14.0 Å². The van der Waals surface area contributed by atoms with Gasteiger partial charge in [0.25, 0.3) is 0 Å². The molecule has 0 saturated heterocycles. The molecule has 27 heavy (non-hydrogen) atoms. The summed E-state index contributed by atoms with van der Waals surface area (Å²) >= 11 is 0. The van der Waals surface area contributed by atoms with Crippen LogP contribution in [0.1, 0.15) is 27.4 Å². The third-order valence-electron chi connectivity index (χ3n) is 4.12. The lowest BCUT2D eigenvalue weighted by Gasteiger charge is -2.08. The number of aromatic carboxylic acids is 1. The monoisotopic (exact) mass is 371 g/mol. The molecule has 0 aliphatic heterocycles. The van der Waals surface area contributed by atoms with Crippen molar-refractivity contribution in [2.24, 2.45) is 0 Å². The first kappa shape index (κ1) is 18.3. The number of carboxylic acid groups (broad SMARTS) is 1. The van der Waals surface area contributed by atoms with Gasteiger partial charge in [0.1, 0.15) is 18.1 Å². The number of amides is 1. The molecule has 2 heterocycles. The zero-order valence-corrected chi connectivity index (χ0v) is 14.8. The summed E-state index contributed by atoms with van der Waals surface area (Å²) in [5.74, 6) is -1.87. The normalized spacial score (nSPS) is 10.8. The van der Waals surface area contributed by atoms with Crippen LogP contribution in [0, 0.1) is 19.7 Å². The number of nitrogens with one attached hydrogen (secondary N) is 1. The van der Waals surface area contributed by atoms with Crippen LogP contribution in [0.15, 0.2) is 36.5 Å². The first-order valence-electron chi connectivity index (χ1n) is 8.18. The minimum absolute atomic E-state index is 0.0643. The van der Waals surface area contributed by atoms with Crippen molar-refractivity contribution in [1.29, 1.82) is 0 Å². The molecule has 1 aromatic carbocycles. The number of aryl methyl sites for hydroxylation is 1. The summed E-state index contributed by atoms with van der Waals surface area (Å²) in [6.07, 6.45) is 1.33. The van der Waals surface area contributed by atoms with Gasteiger partial charge < -0.3 is 10.4 Å². The zero-order valence-electron chi connectivity index (χ0n) is 14.8. The van der Waals surface area contributed by atoms with E-state index in [4.69, 9.17) is 5.11 Å². The van der Waals surface area contributed by atoms with Crippen molar-refractivity contribution in [1.82, 2.24) is 19.6 Å². The molecule has 2 aromatic heterocycles. The Hall–Kier alpha value is -3.49. The average molecular weight is 371 g/mol. The predicted molar refractivity (Wildman–Crippen MR) is 95.0 cm³/mol. The van der Waals surface area contributed by atoms with Gasteiger partial charge in [0, 0.05) is 6.20 Å². The van der Waals surface area contributed by atoms with E-state index in [0.717, 1.165) is 15.9 Å². The van der Waals surface area contributed by atoms with Gasteiger partial charge in [-0.3, -0.25) is 9.48 Å². The van der Waals surface area contributed by atoms with E-state index in [0.29, 0.717) is 17.9 Å². The molecule has 3 aromatic rings. The van der Waals surface area contributed by atoms with Gasteiger partial charge in [-0.25, -0.2) is 13.9 Å². The number of carboxylic acids is 1. The van der Waals surface area contributed by atoms with Crippen LogP contribution in [-0.2, 0) is 17.9 Å². The molecule has 0 bridgehead atoms. The Labute approximate surface area is 154 Å². The van der Waals surface area contributed by atoms with Crippen molar-refractivity contribution < 1.29 is 19.1 Å². The van der Waals surface area contributed by atoms with Crippen LogP contribution in [-0.4, -0.2) is 36.5 Å². The van der Waals surface area contributed by atoms with E-state index >= 15 is 0 Å². The lowest BCUT2D eigenvalue weighted by atomic mass is 10.2. The summed E-state index contributed by atoms with van der Waals surface area (Å²) in [7, 11) is 0. The van der Waals surface area contributed by atoms with Gasteiger partial charge in [-0.1, -0.05) is 12.1 Å². The number of halogens is 1. The molecule has 0 aliphatic rings. The van der Waals surface area contributed by atoms with Crippen molar-refractivity contribution in [3.05, 3.63) is 65.0 Å². The van der Waals surface area contributed by atoms with Crippen LogP contribution in [0.25, 0.3) is 0 Å². The Morgan fingerprint density at radius 2 is 1.85 bits per heavy atom. The SMILES string of the molecule is Cc1nn(Cc2ccc(F)cc2)c(C)c1NC(=O)Cn1nccc1C(=O)O. The predicted octanol–water partition coefficient (Wildman–Crippen LogP) is 2.22. The highest BCUT2D eigenvalue weighted by Gasteiger charge is 2.17. The van der Waals surface area contributed by atoms with E-state index < -0.39 is 11.9 Å². The molecular weight excluding hydrogens is 353 g/mol. The van der Waals surface area contributed by atoms with Crippen LogP contribution in [0.4, 0.5) is 10.1 Å². The van der Waals surface area contributed by atoms with Crippen LogP contribution >= 0.6 is 0 Å². The lowest BCUT2D eigenvalue weighted by molar-refractivity contribution is -0.116. The Morgan fingerprint density at radius 3 is 2.52 bits per heavy atom. The molecule has 2 N–H and O–H groups in total. The molecule has 0 atom stereocenters. The molecule has 0 aliphatic carbocycles. The quantitative estimate of drug-likeness (QED) is 0.692. The van der Waals surface area contributed by atoms with Gasteiger partial charge in [0.05, 0.1) is 23.6 Å². The van der Waals surface area contributed by atoms with E-state index in [2.05, 4.69) is 15.5 Å². The second kappa shape index (κ2) is 7.40. The van der Waals surface area contributed by atoms with Crippen molar-refractivity contribution in [2.75, 3.05) is 5.32 Å². The third kappa shape index (κ3) is 4.02. The lowest BCUT2D eigenvalue weighted by Crippen LogP contribution is -2.22. The molecule has 9 heteroatoms. The Balaban J connectivity index is 1.74. The zero-order chi connectivity index (χ0) is 19.6. The first-order chi connectivity index (χ1) is 12.8. The second-order valence-corrected chi connectivity index (χ2v) is 6.06. The van der Waals surface area contributed by atoms with Crippen molar-refractivity contribution in [2.45, 2.75) is 26.9 Å². The van der Waals surface area contributed by atoms with Gasteiger partial charge in [0.15, 0.2) is 0 Å².